The summed E-state index contributed by atoms with van der Waals surface area (Å²) in [5, 5.41) is 3.80. The summed E-state index contributed by atoms with van der Waals surface area (Å²) in [6.07, 6.45) is 4.51. The number of nitrogens with one attached hydrogen (secondary N) is 3. The van der Waals surface area contributed by atoms with E-state index in [4.69, 9.17) is 11.6 Å². The van der Waals surface area contributed by atoms with E-state index in [-0.39, 0.29) is 11.8 Å². The third-order valence-corrected chi connectivity index (χ3v) is 5.09. The SMILES string of the molecule is CC1NNCC1CNC(=O)CC(Cn1cccc1)c1ccc(Cl)cc1. The van der Waals surface area contributed by atoms with Crippen molar-refractivity contribution in [2.24, 2.45) is 5.92 Å². The van der Waals surface area contributed by atoms with Gasteiger partial charge in [-0.1, -0.05) is 23.7 Å². The highest BCUT2D eigenvalue weighted by atomic mass is 35.5. The van der Waals surface area contributed by atoms with E-state index in [1.165, 1.54) is 0 Å². The summed E-state index contributed by atoms with van der Waals surface area (Å²) in [4.78, 5) is 12.5. The van der Waals surface area contributed by atoms with Gasteiger partial charge >= 0.3 is 0 Å². The first kappa shape index (κ1) is 18.0. The molecule has 1 fully saturated rings. The molecule has 1 aromatic carbocycles. The van der Waals surface area contributed by atoms with Gasteiger partial charge in [-0.3, -0.25) is 15.6 Å². The van der Waals surface area contributed by atoms with Crippen molar-refractivity contribution in [2.45, 2.75) is 31.8 Å². The Bertz CT molecular complexity index is 671. The Labute approximate surface area is 153 Å². The van der Waals surface area contributed by atoms with Crippen LogP contribution in [0.2, 0.25) is 5.02 Å². The van der Waals surface area contributed by atoms with Gasteiger partial charge in [-0.2, -0.15) is 0 Å². The van der Waals surface area contributed by atoms with E-state index in [1.54, 1.807) is 0 Å². The van der Waals surface area contributed by atoms with Crippen LogP contribution in [0.1, 0.15) is 24.8 Å². The monoisotopic (exact) mass is 360 g/mol. The molecule has 0 aliphatic carbocycles. The summed E-state index contributed by atoms with van der Waals surface area (Å²) >= 11 is 6.00. The van der Waals surface area contributed by atoms with Crippen molar-refractivity contribution in [3.05, 3.63) is 59.4 Å². The predicted molar refractivity (Wildman–Crippen MR) is 100 cm³/mol. The highest BCUT2D eigenvalue weighted by Crippen LogP contribution is 2.24. The molecular formula is C19H25ClN4O. The second kappa shape index (κ2) is 8.52. The summed E-state index contributed by atoms with van der Waals surface area (Å²) in [6, 6.07) is 12.2. The minimum atomic E-state index is 0.0891. The van der Waals surface area contributed by atoms with Gasteiger partial charge in [0.05, 0.1) is 0 Å². The fourth-order valence-corrected chi connectivity index (χ4v) is 3.33. The van der Waals surface area contributed by atoms with E-state index >= 15 is 0 Å². The standard InChI is InChI=1S/C19H25ClN4O/c1-14-17(12-22-23-14)11-21-19(25)10-16(13-24-8-2-3-9-24)15-4-6-18(20)7-5-15/h2-9,14,16-17,22-23H,10-13H2,1H3,(H,21,25). The van der Waals surface area contributed by atoms with Crippen LogP contribution in [0.4, 0.5) is 0 Å². The fraction of sp³-hybridized carbons (Fsp3) is 0.421. The van der Waals surface area contributed by atoms with Gasteiger partial charge in [0, 0.05) is 61.3 Å². The second-order valence-corrected chi connectivity index (χ2v) is 7.15. The molecular weight excluding hydrogens is 336 g/mol. The average molecular weight is 361 g/mol. The van der Waals surface area contributed by atoms with Crippen molar-refractivity contribution < 1.29 is 4.79 Å². The van der Waals surface area contributed by atoms with E-state index in [9.17, 15) is 4.79 Å². The molecule has 0 radical (unpaired) electrons. The molecule has 3 atom stereocenters. The smallest absolute Gasteiger partial charge is 0.220 e. The van der Waals surface area contributed by atoms with E-state index in [0.29, 0.717) is 29.9 Å². The van der Waals surface area contributed by atoms with Crippen LogP contribution in [-0.2, 0) is 11.3 Å². The molecule has 134 valence electrons. The van der Waals surface area contributed by atoms with Gasteiger partial charge in [-0.05, 0) is 36.8 Å². The zero-order valence-corrected chi connectivity index (χ0v) is 15.2. The molecule has 1 aliphatic rings. The number of nitrogens with zero attached hydrogens (tertiary/aromatic N) is 1. The molecule has 3 unspecified atom stereocenters. The first-order valence-electron chi connectivity index (χ1n) is 8.73. The van der Waals surface area contributed by atoms with Gasteiger partial charge in [0.25, 0.3) is 0 Å². The molecule has 5 nitrogen and oxygen atoms in total. The number of hydrogen-bond donors (Lipinski definition) is 3. The molecule has 1 aromatic heterocycles. The average Bonchev–Trinajstić information content (AvgIpc) is 3.25. The zero-order chi connectivity index (χ0) is 17.6. The minimum absolute atomic E-state index is 0.0891. The largest absolute Gasteiger partial charge is 0.356 e. The molecule has 25 heavy (non-hydrogen) atoms. The lowest BCUT2D eigenvalue weighted by Crippen LogP contribution is -2.36. The van der Waals surface area contributed by atoms with Gasteiger partial charge in [0.2, 0.25) is 5.91 Å². The zero-order valence-electron chi connectivity index (χ0n) is 14.4. The van der Waals surface area contributed by atoms with Crippen molar-refractivity contribution in [1.29, 1.82) is 0 Å². The number of benzene rings is 1. The molecule has 2 aromatic rings. The summed E-state index contributed by atoms with van der Waals surface area (Å²) < 4.78 is 2.11. The Hall–Kier alpha value is -1.82. The predicted octanol–water partition coefficient (Wildman–Crippen LogP) is 2.54. The lowest BCUT2D eigenvalue weighted by Gasteiger charge is -2.20. The summed E-state index contributed by atoms with van der Waals surface area (Å²) in [7, 11) is 0. The number of hydrogen-bond acceptors (Lipinski definition) is 3. The number of amides is 1. The summed E-state index contributed by atoms with van der Waals surface area (Å²) in [5.74, 6) is 0.621. The molecule has 1 amide bonds. The third-order valence-electron chi connectivity index (χ3n) is 4.83. The lowest BCUT2D eigenvalue weighted by molar-refractivity contribution is -0.121. The Kier molecular flexibility index (Phi) is 6.13. The molecule has 0 bridgehead atoms. The van der Waals surface area contributed by atoms with Gasteiger partial charge in [0.15, 0.2) is 0 Å². The van der Waals surface area contributed by atoms with Crippen LogP contribution < -0.4 is 16.2 Å². The number of rotatable bonds is 7. The van der Waals surface area contributed by atoms with Crippen LogP contribution in [-0.4, -0.2) is 29.6 Å². The lowest BCUT2D eigenvalue weighted by atomic mass is 9.95. The Morgan fingerprint density at radius 2 is 2.04 bits per heavy atom. The van der Waals surface area contributed by atoms with Crippen LogP contribution >= 0.6 is 11.6 Å². The van der Waals surface area contributed by atoms with E-state index < -0.39 is 0 Å². The van der Waals surface area contributed by atoms with Crippen LogP contribution in [0.3, 0.4) is 0 Å². The maximum Gasteiger partial charge on any atom is 0.220 e. The van der Waals surface area contributed by atoms with E-state index in [0.717, 1.165) is 18.7 Å². The van der Waals surface area contributed by atoms with E-state index in [2.05, 4.69) is 27.7 Å². The normalized spacial score (nSPS) is 21.2. The highest BCUT2D eigenvalue weighted by molar-refractivity contribution is 6.30. The molecule has 1 aliphatic heterocycles. The Morgan fingerprint density at radius 3 is 2.68 bits per heavy atom. The number of aromatic nitrogens is 1. The van der Waals surface area contributed by atoms with Crippen LogP contribution in [0.25, 0.3) is 0 Å². The summed E-state index contributed by atoms with van der Waals surface area (Å²) in [6.45, 7) is 4.46. The summed E-state index contributed by atoms with van der Waals surface area (Å²) in [5.41, 5.74) is 7.44. The molecule has 3 N–H and O–H groups in total. The van der Waals surface area contributed by atoms with Gasteiger partial charge < -0.3 is 9.88 Å². The fourth-order valence-electron chi connectivity index (χ4n) is 3.20. The first-order chi connectivity index (χ1) is 12.1. The molecule has 3 rings (SSSR count). The van der Waals surface area contributed by atoms with Gasteiger partial charge in [-0.25, -0.2) is 0 Å². The van der Waals surface area contributed by atoms with E-state index in [1.807, 2.05) is 48.8 Å². The first-order valence-corrected chi connectivity index (χ1v) is 9.11. The van der Waals surface area contributed by atoms with Gasteiger partial charge in [0.1, 0.15) is 0 Å². The molecule has 6 heteroatoms. The number of carbonyl (C=O) groups is 1. The Morgan fingerprint density at radius 1 is 1.32 bits per heavy atom. The van der Waals surface area contributed by atoms with Crippen molar-refractivity contribution in [3.63, 3.8) is 0 Å². The number of carbonyl (C=O) groups excluding carboxylic acids is 1. The van der Waals surface area contributed by atoms with Crippen LogP contribution in [0, 0.1) is 5.92 Å². The number of hydrazine groups is 1. The molecule has 2 heterocycles. The molecule has 1 saturated heterocycles. The van der Waals surface area contributed by atoms with Gasteiger partial charge in [-0.15, -0.1) is 0 Å². The van der Waals surface area contributed by atoms with Crippen molar-refractivity contribution in [2.75, 3.05) is 13.1 Å². The highest BCUT2D eigenvalue weighted by Gasteiger charge is 2.24. The van der Waals surface area contributed by atoms with Crippen LogP contribution in [0.15, 0.2) is 48.8 Å². The second-order valence-electron chi connectivity index (χ2n) is 6.71. The maximum atomic E-state index is 12.5. The van der Waals surface area contributed by atoms with Crippen LogP contribution in [0.5, 0.6) is 0 Å². The Balaban J connectivity index is 1.62. The topological polar surface area (TPSA) is 58.1 Å². The quantitative estimate of drug-likeness (QED) is 0.711. The van der Waals surface area contributed by atoms with Crippen molar-refractivity contribution in [3.8, 4) is 0 Å². The van der Waals surface area contributed by atoms with Crippen molar-refractivity contribution >= 4 is 17.5 Å². The third kappa shape index (κ3) is 5.08. The number of halogens is 1. The maximum absolute atomic E-state index is 12.5. The minimum Gasteiger partial charge on any atom is -0.356 e. The van der Waals surface area contributed by atoms with Crippen molar-refractivity contribution in [1.82, 2.24) is 20.7 Å². The molecule has 0 saturated carbocycles. The molecule has 0 spiro atoms.